The minimum absolute atomic E-state index is 0.135. The number of carbonyl (C=O) groups is 1. The van der Waals surface area contributed by atoms with Gasteiger partial charge in [-0.2, -0.15) is 0 Å². The van der Waals surface area contributed by atoms with E-state index < -0.39 is 49.5 Å². The molecule has 1 fully saturated rings. The van der Waals surface area contributed by atoms with Gasteiger partial charge in [0.25, 0.3) is 0 Å². The van der Waals surface area contributed by atoms with Gasteiger partial charge in [-0.1, -0.05) is 365 Å². The number of hydrogen-bond donors (Lipinski definition) is 6. The molecule has 1 rings (SSSR count). The van der Waals surface area contributed by atoms with Crippen LogP contribution in [-0.2, 0) is 14.3 Å². The molecule has 1 amide bonds. The zero-order valence-corrected chi connectivity index (χ0v) is 56.4. The van der Waals surface area contributed by atoms with Gasteiger partial charge in [0.15, 0.2) is 6.29 Å². The van der Waals surface area contributed by atoms with Crippen molar-refractivity contribution in [3.8, 4) is 0 Å². The van der Waals surface area contributed by atoms with Crippen LogP contribution in [0.3, 0.4) is 0 Å². The highest BCUT2D eigenvalue weighted by atomic mass is 16.7. The van der Waals surface area contributed by atoms with Gasteiger partial charge in [-0.15, -0.1) is 0 Å². The lowest BCUT2D eigenvalue weighted by atomic mass is 9.99. The molecule has 85 heavy (non-hydrogen) atoms. The summed E-state index contributed by atoms with van der Waals surface area (Å²) >= 11 is 0. The third-order valence-electron chi connectivity index (χ3n) is 18.2. The average molecular weight is 1200 g/mol. The molecule has 0 aliphatic carbocycles. The molecule has 0 saturated carbocycles. The summed E-state index contributed by atoms with van der Waals surface area (Å²) in [6.07, 6.45) is 80.9. The Hall–Kier alpha value is -1.59. The molecule has 502 valence electrons. The fourth-order valence-electron chi connectivity index (χ4n) is 12.4. The van der Waals surface area contributed by atoms with Crippen LogP contribution in [-0.4, -0.2) is 87.5 Å². The van der Waals surface area contributed by atoms with E-state index in [4.69, 9.17) is 9.47 Å². The van der Waals surface area contributed by atoms with E-state index in [0.29, 0.717) is 12.8 Å². The molecule has 1 saturated heterocycles. The summed E-state index contributed by atoms with van der Waals surface area (Å²) in [6.45, 7) is 3.89. The quantitative estimate of drug-likeness (QED) is 0.0261. The van der Waals surface area contributed by atoms with Crippen molar-refractivity contribution >= 4 is 5.91 Å². The number of rotatable bonds is 67. The first-order valence-corrected chi connectivity index (χ1v) is 37.7. The molecule has 0 aromatic heterocycles. The van der Waals surface area contributed by atoms with Crippen molar-refractivity contribution in [2.75, 3.05) is 13.2 Å². The lowest BCUT2D eigenvalue weighted by Crippen LogP contribution is -2.60. The highest BCUT2D eigenvalue weighted by Crippen LogP contribution is 2.24. The number of aliphatic hydroxyl groups is 5. The van der Waals surface area contributed by atoms with Gasteiger partial charge in [0.05, 0.1) is 25.4 Å². The monoisotopic (exact) mass is 1200 g/mol. The minimum Gasteiger partial charge on any atom is -0.394 e. The molecule has 9 heteroatoms. The predicted octanol–water partition coefficient (Wildman–Crippen LogP) is 21.0. The molecule has 9 nitrogen and oxygen atoms in total. The van der Waals surface area contributed by atoms with E-state index in [2.05, 4.69) is 55.6 Å². The second-order valence-electron chi connectivity index (χ2n) is 26.5. The Kier molecular flexibility index (Phi) is 62.6. The third-order valence-corrected chi connectivity index (χ3v) is 18.2. The largest absolute Gasteiger partial charge is 0.394 e. The van der Waals surface area contributed by atoms with E-state index >= 15 is 0 Å². The van der Waals surface area contributed by atoms with Gasteiger partial charge in [-0.05, 0) is 51.4 Å². The van der Waals surface area contributed by atoms with Crippen molar-refractivity contribution < 1.29 is 39.8 Å². The number of unbranched alkanes of at least 4 members (excludes halogenated alkanes) is 51. The van der Waals surface area contributed by atoms with Gasteiger partial charge in [0.1, 0.15) is 24.4 Å². The molecule has 0 bridgehead atoms. The van der Waals surface area contributed by atoms with Crippen LogP contribution in [0.4, 0.5) is 0 Å². The number of nitrogens with one attached hydrogen (secondary N) is 1. The van der Waals surface area contributed by atoms with E-state index in [1.54, 1.807) is 0 Å². The molecule has 0 spiro atoms. The lowest BCUT2D eigenvalue weighted by Gasteiger charge is -2.40. The summed E-state index contributed by atoms with van der Waals surface area (Å²) in [4.78, 5) is 13.2. The molecule has 1 heterocycles. The predicted molar refractivity (Wildman–Crippen MR) is 364 cm³/mol. The van der Waals surface area contributed by atoms with Gasteiger partial charge in [0, 0.05) is 6.42 Å². The van der Waals surface area contributed by atoms with E-state index in [9.17, 15) is 30.3 Å². The number of carbonyl (C=O) groups excluding carboxylic acids is 1. The van der Waals surface area contributed by atoms with Crippen molar-refractivity contribution in [2.24, 2.45) is 0 Å². The van der Waals surface area contributed by atoms with Crippen LogP contribution in [0.1, 0.15) is 386 Å². The maximum absolute atomic E-state index is 13.2. The Bertz CT molecular complexity index is 1440. The SMILES string of the molecule is CCCCCCC/C=C\C/C=C\C/C=C\CCCCCCCCCCCCCCCCCCC(=O)NC(COC1OC(CO)C(O)C(O)C1O)C(O)CCCCCCCCCCCCCCCCCCCCCCCCCCCCCCCCC. The van der Waals surface area contributed by atoms with Crippen LogP contribution in [0, 0.1) is 0 Å². The molecule has 7 unspecified atom stereocenters. The van der Waals surface area contributed by atoms with Crippen molar-refractivity contribution in [3.63, 3.8) is 0 Å². The van der Waals surface area contributed by atoms with E-state index in [0.717, 1.165) is 51.4 Å². The van der Waals surface area contributed by atoms with Crippen LogP contribution < -0.4 is 5.32 Å². The van der Waals surface area contributed by atoms with Crippen LogP contribution in [0.25, 0.3) is 0 Å². The fraction of sp³-hybridized carbons (Fsp3) is 0.908. The molecule has 6 N–H and O–H groups in total. The maximum Gasteiger partial charge on any atom is 0.220 e. The zero-order chi connectivity index (χ0) is 61.4. The van der Waals surface area contributed by atoms with Crippen LogP contribution in [0.15, 0.2) is 36.5 Å². The first-order valence-electron chi connectivity index (χ1n) is 37.7. The Morgan fingerprint density at radius 2 is 0.694 bits per heavy atom. The van der Waals surface area contributed by atoms with Crippen molar-refractivity contribution in [1.29, 1.82) is 0 Å². The van der Waals surface area contributed by atoms with Crippen LogP contribution >= 0.6 is 0 Å². The van der Waals surface area contributed by atoms with Crippen LogP contribution in [0.2, 0.25) is 0 Å². The maximum atomic E-state index is 13.2. The van der Waals surface area contributed by atoms with Gasteiger partial charge in [-0.25, -0.2) is 0 Å². The Labute approximate surface area is 527 Å². The molecular weight excluding hydrogens is 1050 g/mol. The summed E-state index contributed by atoms with van der Waals surface area (Å²) in [5.41, 5.74) is 0. The first-order chi connectivity index (χ1) is 41.8. The standard InChI is InChI=1S/C76H145NO8/c1-3-5-7-9-11-13-15-17-19-21-23-25-27-29-31-33-35-37-39-41-43-45-47-49-51-53-55-57-59-61-63-65-70(79)69(68-84-76-75(83)74(82)73(81)71(67-78)85-76)77-72(80)66-64-62-60-58-56-54-52-50-48-46-44-42-40-38-36-34-32-30-28-26-24-22-20-18-16-14-12-10-8-6-4-2/h16,18,22,24,28,30,69-71,73-76,78-79,81-83H,3-15,17,19-21,23,25-27,29,31-68H2,1-2H3,(H,77,80)/b18-16-,24-22-,30-28-. The molecule has 7 atom stereocenters. The number of hydrogen-bond acceptors (Lipinski definition) is 8. The number of allylic oxidation sites excluding steroid dienone is 6. The Morgan fingerprint density at radius 1 is 0.400 bits per heavy atom. The summed E-state index contributed by atoms with van der Waals surface area (Å²) in [6, 6.07) is -0.721. The molecule has 0 aromatic rings. The number of aliphatic hydroxyl groups excluding tert-OH is 5. The second-order valence-corrected chi connectivity index (χ2v) is 26.5. The Balaban J connectivity index is 2.08. The molecule has 0 radical (unpaired) electrons. The molecular formula is C76H145NO8. The van der Waals surface area contributed by atoms with Crippen molar-refractivity contribution in [3.05, 3.63) is 36.5 Å². The molecule has 1 aliphatic rings. The average Bonchev–Trinajstić information content (AvgIpc) is 3.54. The van der Waals surface area contributed by atoms with Gasteiger partial charge in [0.2, 0.25) is 5.91 Å². The summed E-state index contributed by atoms with van der Waals surface area (Å²) in [7, 11) is 0. The van der Waals surface area contributed by atoms with E-state index in [-0.39, 0.29) is 12.5 Å². The number of ether oxygens (including phenoxy) is 2. The van der Waals surface area contributed by atoms with Crippen molar-refractivity contribution in [2.45, 2.75) is 429 Å². The lowest BCUT2D eigenvalue weighted by molar-refractivity contribution is -0.302. The number of amides is 1. The first kappa shape index (κ1) is 81.4. The second kappa shape index (κ2) is 65.4. The summed E-state index contributed by atoms with van der Waals surface area (Å²) in [5.74, 6) is -0.137. The van der Waals surface area contributed by atoms with Crippen LogP contribution in [0.5, 0.6) is 0 Å². The molecule has 0 aromatic carbocycles. The third kappa shape index (κ3) is 53.9. The zero-order valence-electron chi connectivity index (χ0n) is 56.4. The smallest absolute Gasteiger partial charge is 0.220 e. The highest BCUT2D eigenvalue weighted by Gasteiger charge is 2.44. The summed E-state index contributed by atoms with van der Waals surface area (Å²) < 4.78 is 11.4. The highest BCUT2D eigenvalue weighted by molar-refractivity contribution is 5.76. The van der Waals surface area contributed by atoms with E-state index in [1.165, 1.54) is 308 Å². The molecule has 1 aliphatic heterocycles. The normalized spacial score (nSPS) is 18.2. The Morgan fingerprint density at radius 3 is 1.02 bits per heavy atom. The van der Waals surface area contributed by atoms with Crippen molar-refractivity contribution in [1.82, 2.24) is 5.32 Å². The van der Waals surface area contributed by atoms with E-state index in [1.807, 2.05) is 0 Å². The topological polar surface area (TPSA) is 149 Å². The van der Waals surface area contributed by atoms with Gasteiger partial charge >= 0.3 is 0 Å². The minimum atomic E-state index is -1.55. The summed E-state index contributed by atoms with van der Waals surface area (Å²) in [5, 5.41) is 55.0. The van der Waals surface area contributed by atoms with Gasteiger partial charge < -0.3 is 40.3 Å². The fourth-order valence-corrected chi connectivity index (χ4v) is 12.4. The van der Waals surface area contributed by atoms with Gasteiger partial charge in [-0.3, -0.25) is 4.79 Å².